The van der Waals surface area contributed by atoms with E-state index in [1.165, 1.54) is 12.8 Å². The predicted molar refractivity (Wildman–Crippen MR) is 38.8 cm³/mol. The smallest absolute Gasteiger partial charge is 0.0598 e. The number of likely N-dealkylation sites (tertiary alicyclic amines) is 1. The fraction of sp³-hybridized carbons (Fsp3) is 0.625. The Morgan fingerprint density at radius 3 is 2.67 bits per heavy atom. The lowest BCUT2D eigenvalue weighted by Crippen LogP contribution is -2.29. The van der Waals surface area contributed by atoms with Gasteiger partial charge in [0.05, 0.1) is 6.54 Å². The minimum Gasteiger partial charge on any atom is -0.292 e. The molecule has 1 heteroatoms. The summed E-state index contributed by atoms with van der Waals surface area (Å²) >= 11 is 0. The number of terminal acetylenes is 1. The van der Waals surface area contributed by atoms with Crippen LogP contribution in [0.4, 0.5) is 0 Å². The van der Waals surface area contributed by atoms with Gasteiger partial charge in [0.15, 0.2) is 0 Å². The van der Waals surface area contributed by atoms with Gasteiger partial charge in [0.1, 0.15) is 0 Å². The highest BCUT2D eigenvalue weighted by atomic mass is 15.1. The Labute approximate surface area is 57.0 Å². The number of piperidine rings is 1. The molecule has 1 saturated heterocycles. The Balaban J connectivity index is 2.17. The molecule has 0 atom stereocenters. The van der Waals surface area contributed by atoms with Gasteiger partial charge in [0.2, 0.25) is 0 Å². The highest BCUT2D eigenvalue weighted by Crippen LogP contribution is 2.05. The first kappa shape index (κ1) is 6.64. The average Bonchev–Trinajstić information content (AvgIpc) is 1.91. The molecule has 0 bridgehead atoms. The van der Waals surface area contributed by atoms with Crippen LogP contribution in [0.2, 0.25) is 0 Å². The van der Waals surface area contributed by atoms with Crippen molar-refractivity contribution >= 4 is 0 Å². The van der Waals surface area contributed by atoms with E-state index in [0.717, 1.165) is 19.6 Å². The summed E-state index contributed by atoms with van der Waals surface area (Å²) in [6.45, 7) is 3.14. The fourth-order valence-electron chi connectivity index (χ4n) is 1.09. The highest BCUT2D eigenvalue weighted by Gasteiger charge is 2.06. The maximum Gasteiger partial charge on any atom is 0.0598 e. The molecule has 0 aromatic heterocycles. The number of rotatable bonds is 1. The molecule has 1 heterocycles. The second kappa shape index (κ2) is 3.53. The van der Waals surface area contributed by atoms with Gasteiger partial charge >= 0.3 is 0 Å². The van der Waals surface area contributed by atoms with Gasteiger partial charge in [-0.1, -0.05) is 5.92 Å². The van der Waals surface area contributed by atoms with Crippen LogP contribution in [-0.4, -0.2) is 24.5 Å². The van der Waals surface area contributed by atoms with Crippen LogP contribution in [0.5, 0.6) is 0 Å². The lowest BCUT2D eigenvalue weighted by atomic mass is 10.1. The molecule has 0 amide bonds. The Morgan fingerprint density at radius 1 is 1.44 bits per heavy atom. The lowest BCUT2D eigenvalue weighted by Gasteiger charge is -2.23. The zero-order valence-electron chi connectivity index (χ0n) is 5.64. The fourth-order valence-corrected chi connectivity index (χ4v) is 1.09. The summed E-state index contributed by atoms with van der Waals surface area (Å²) in [5.74, 6) is 2.65. The lowest BCUT2D eigenvalue weighted by molar-refractivity contribution is 0.284. The Kier molecular flexibility index (Phi) is 2.60. The normalized spacial score (nSPS) is 21.2. The summed E-state index contributed by atoms with van der Waals surface area (Å²) in [6.07, 6.45) is 9.90. The number of hydrogen-bond acceptors (Lipinski definition) is 1. The predicted octanol–water partition coefficient (Wildman–Crippen LogP) is 0.920. The van der Waals surface area contributed by atoms with Crippen molar-refractivity contribution < 1.29 is 0 Å². The molecule has 1 nitrogen and oxygen atoms in total. The quantitative estimate of drug-likeness (QED) is 0.467. The Morgan fingerprint density at radius 2 is 2.11 bits per heavy atom. The molecule has 0 aromatic carbocycles. The molecule has 0 saturated carbocycles. The van der Waals surface area contributed by atoms with Crippen LogP contribution in [-0.2, 0) is 0 Å². The van der Waals surface area contributed by atoms with Crippen LogP contribution in [0.25, 0.3) is 0 Å². The summed E-state index contributed by atoms with van der Waals surface area (Å²) in [5, 5.41) is 0. The van der Waals surface area contributed by atoms with Gasteiger partial charge in [-0.15, -0.1) is 6.42 Å². The molecule has 0 N–H and O–H groups in total. The van der Waals surface area contributed by atoms with Gasteiger partial charge in [0.25, 0.3) is 0 Å². The van der Waals surface area contributed by atoms with Crippen molar-refractivity contribution in [2.45, 2.75) is 12.8 Å². The second-order valence-corrected chi connectivity index (χ2v) is 2.35. The van der Waals surface area contributed by atoms with Crippen molar-refractivity contribution in [3.8, 4) is 12.3 Å². The summed E-state index contributed by atoms with van der Waals surface area (Å²) < 4.78 is 0. The van der Waals surface area contributed by atoms with Crippen LogP contribution in [0.15, 0.2) is 0 Å². The van der Waals surface area contributed by atoms with E-state index in [4.69, 9.17) is 6.42 Å². The molecule has 1 aliphatic heterocycles. The summed E-state index contributed by atoms with van der Waals surface area (Å²) in [7, 11) is 0. The van der Waals surface area contributed by atoms with E-state index in [0.29, 0.717) is 0 Å². The van der Waals surface area contributed by atoms with E-state index in [1.807, 2.05) is 0 Å². The molecule has 1 aliphatic rings. The topological polar surface area (TPSA) is 3.24 Å². The van der Waals surface area contributed by atoms with Crippen LogP contribution >= 0.6 is 0 Å². The first-order chi connectivity index (χ1) is 4.43. The zero-order valence-corrected chi connectivity index (χ0v) is 5.64. The third-order valence-electron chi connectivity index (χ3n) is 1.61. The molecule has 0 unspecified atom stereocenters. The minimum absolute atomic E-state index is 0.827. The number of hydrogen-bond donors (Lipinski definition) is 0. The van der Waals surface area contributed by atoms with Crippen LogP contribution in [0, 0.1) is 18.8 Å². The third-order valence-corrected chi connectivity index (χ3v) is 1.61. The molecule has 1 radical (unpaired) electrons. The van der Waals surface area contributed by atoms with E-state index in [9.17, 15) is 0 Å². The van der Waals surface area contributed by atoms with Crippen molar-refractivity contribution in [1.82, 2.24) is 4.90 Å². The van der Waals surface area contributed by atoms with E-state index in [-0.39, 0.29) is 0 Å². The van der Waals surface area contributed by atoms with Gasteiger partial charge in [0, 0.05) is 0 Å². The minimum atomic E-state index is 0.827. The van der Waals surface area contributed by atoms with Gasteiger partial charge < -0.3 is 0 Å². The zero-order chi connectivity index (χ0) is 6.53. The molecule has 1 rings (SSSR count). The van der Waals surface area contributed by atoms with E-state index < -0.39 is 0 Å². The Hall–Kier alpha value is -0.480. The van der Waals surface area contributed by atoms with Crippen LogP contribution < -0.4 is 0 Å². The summed E-state index contributed by atoms with van der Waals surface area (Å²) in [4.78, 5) is 2.31. The molecule has 1 fully saturated rings. The van der Waals surface area contributed by atoms with Crippen LogP contribution in [0.3, 0.4) is 0 Å². The van der Waals surface area contributed by atoms with E-state index >= 15 is 0 Å². The average molecular weight is 122 g/mol. The third kappa shape index (κ3) is 2.07. The maximum absolute atomic E-state index is 5.16. The molecule has 0 spiro atoms. The van der Waals surface area contributed by atoms with Crippen molar-refractivity contribution in [2.75, 3.05) is 19.6 Å². The second-order valence-electron chi connectivity index (χ2n) is 2.35. The van der Waals surface area contributed by atoms with Gasteiger partial charge in [-0.3, -0.25) is 4.90 Å². The molecule has 0 aliphatic carbocycles. The molecular formula is C8H12N. The van der Waals surface area contributed by atoms with Crippen molar-refractivity contribution in [3.05, 3.63) is 6.42 Å². The monoisotopic (exact) mass is 122 g/mol. The van der Waals surface area contributed by atoms with Crippen molar-refractivity contribution in [1.29, 1.82) is 0 Å². The molecule has 0 aromatic rings. The largest absolute Gasteiger partial charge is 0.292 e. The standard InChI is InChI=1S/C8H12N/c1-2-6-9-7-4-3-5-8-9/h1,3H,4-8H2. The summed E-state index contributed by atoms with van der Waals surface area (Å²) in [6, 6.07) is 0. The van der Waals surface area contributed by atoms with Gasteiger partial charge in [-0.2, -0.15) is 0 Å². The van der Waals surface area contributed by atoms with Crippen LogP contribution in [0.1, 0.15) is 12.8 Å². The molecular weight excluding hydrogens is 110 g/mol. The SMILES string of the molecule is C#CCN1CC[CH]CC1. The van der Waals surface area contributed by atoms with Crippen molar-refractivity contribution in [3.63, 3.8) is 0 Å². The molecule has 49 valence electrons. The summed E-state index contributed by atoms with van der Waals surface area (Å²) in [5.41, 5.74) is 0. The van der Waals surface area contributed by atoms with Gasteiger partial charge in [-0.05, 0) is 32.4 Å². The number of nitrogens with zero attached hydrogens (tertiary/aromatic N) is 1. The highest BCUT2D eigenvalue weighted by molar-refractivity contribution is 4.90. The van der Waals surface area contributed by atoms with E-state index in [2.05, 4.69) is 17.2 Å². The van der Waals surface area contributed by atoms with Crippen molar-refractivity contribution in [2.24, 2.45) is 0 Å². The van der Waals surface area contributed by atoms with Gasteiger partial charge in [-0.25, -0.2) is 0 Å². The maximum atomic E-state index is 5.16. The molecule has 9 heavy (non-hydrogen) atoms. The van der Waals surface area contributed by atoms with E-state index in [1.54, 1.807) is 0 Å². The first-order valence-corrected chi connectivity index (χ1v) is 3.41. The first-order valence-electron chi connectivity index (χ1n) is 3.41. The Bertz CT molecular complexity index is 106.